The average molecular weight is 663 g/mol. The number of hydrogen-bond donors (Lipinski definition) is 3. The van der Waals surface area contributed by atoms with Crippen LogP contribution in [0.4, 0.5) is 0 Å². The van der Waals surface area contributed by atoms with Gasteiger partial charge in [0.2, 0.25) is 11.8 Å². The molecule has 4 fully saturated rings. The molecule has 1 aliphatic carbocycles. The highest BCUT2D eigenvalue weighted by Gasteiger charge is 2.67. The zero-order valence-corrected chi connectivity index (χ0v) is 24.6. The Morgan fingerprint density at radius 2 is 1.82 bits per heavy atom. The zero-order valence-electron chi connectivity index (χ0n) is 22.4. The number of aromatic hydroxyl groups is 1. The summed E-state index contributed by atoms with van der Waals surface area (Å²) in [4.78, 5) is 31.5. The fourth-order valence-corrected chi connectivity index (χ4v) is 8.02. The molecule has 6 atom stereocenters. The number of carbonyl (C=O) groups is 2. The van der Waals surface area contributed by atoms with E-state index in [0.717, 1.165) is 19.6 Å². The number of methoxy groups -OCH3 is 1. The SMILES string of the molecule is COc1cc([C@@H]2C[C@H]3[C@H]4C(=O)N(C5CCN(Cc6ccccc6)CC5)C(=O)[C@H]4C[C@H](CO)[C@@]3(O)O2)cc(I)c1O. The molecule has 2 aromatic carbocycles. The highest BCUT2D eigenvalue weighted by atomic mass is 127. The molecule has 0 bridgehead atoms. The molecule has 3 heterocycles. The number of hydrogen-bond acceptors (Lipinski definition) is 8. The van der Waals surface area contributed by atoms with Gasteiger partial charge in [-0.2, -0.15) is 0 Å². The molecular weight excluding hydrogens is 627 g/mol. The summed E-state index contributed by atoms with van der Waals surface area (Å²) in [5.74, 6) is -4.41. The second kappa shape index (κ2) is 10.9. The number of halogens is 1. The number of benzene rings is 2. The van der Waals surface area contributed by atoms with Crippen molar-refractivity contribution in [3.8, 4) is 11.5 Å². The van der Waals surface area contributed by atoms with Gasteiger partial charge in [-0.05, 0) is 71.5 Å². The maximum atomic E-state index is 14.0. The number of fused-ring (bicyclic) bond motifs is 3. The zero-order chi connectivity index (χ0) is 28.2. The number of aliphatic hydroxyl groups excluding tert-OH is 1. The fourth-order valence-electron chi connectivity index (χ4n) is 7.40. The molecule has 3 aliphatic heterocycles. The van der Waals surface area contributed by atoms with Gasteiger partial charge >= 0.3 is 0 Å². The first-order chi connectivity index (χ1) is 19.2. The van der Waals surface area contributed by atoms with Gasteiger partial charge in [0.25, 0.3) is 0 Å². The maximum absolute atomic E-state index is 14.0. The normalized spacial score (nSPS) is 32.8. The molecule has 2 aromatic rings. The van der Waals surface area contributed by atoms with E-state index >= 15 is 0 Å². The fraction of sp³-hybridized carbons (Fsp3) is 0.533. The summed E-state index contributed by atoms with van der Waals surface area (Å²) >= 11 is 2.01. The van der Waals surface area contributed by atoms with Crippen LogP contribution >= 0.6 is 22.6 Å². The largest absolute Gasteiger partial charge is 0.504 e. The summed E-state index contributed by atoms with van der Waals surface area (Å²) in [6, 6.07) is 13.5. The van der Waals surface area contributed by atoms with Crippen molar-refractivity contribution in [2.24, 2.45) is 23.7 Å². The van der Waals surface area contributed by atoms with Gasteiger partial charge in [-0.15, -0.1) is 0 Å². The molecule has 214 valence electrons. The van der Waals surface area contributed by atoms with Crippen LogP contribution in [0.5, 0.6) is 11.5 Å². The molecule has 0 aromatic heterocycles. The Labute approximate surface area is 247 Å². The summed E-state index contributed by atoms with van der Waals surface area (Å²) in [7, 11) is 1.47. The first-order valence-corrected chi connectivity index (χ1v) is 15.0. The van der Waals surface area contributed by atoms with Crippen LogP contribution in [-0.4, -0.2) is 75.6 Å². The third-order valence-electron chi connectivity index (χ3n) is 9.43. The Morgan fingerprint density at radius 3 is 2.50 bits per heavy atom. The number of nitrogens with zero attached hydrogens (tertiary/aromatic N) is 2. The van der Waals surface area contributed by atoms with E-state index in [2.05, 4.69) is 17.0 Å². The van der Waals surface area contributed by atoms with E-state index in [-0.39, 0.29) is 36.6 Å². The molecule has 6 rings (SSSR count). The highest BCUT2D eigenvalue weighted by Crippen LogP contribution is 2.58. The molecule has 10 heteroatoms. The number of carbonyl (C=O) groups excluding carboxylic acids is 2. The predicted octanol–water partition coefficient (Wildman–Crippen LogP) is 3.05. The van der Waals surface area contributed by atoms with Crippen molar-refractivity contribution in [2.45, 2.75) is 50.2 Å². The van der Waals surface area contributed by atoms with Gasteiger partial charge in [-0.1, -0.05) is 30.3 Å². The first kappa shape index (κ1) is 27.9. The third kappa shape index (κ3) is 4.61. The highest BCUT2D eigenvalue weighted by molar-refractivity contribution is 14.1. The average Bonchev–Trinajstić information content (AvgIpc) is 3.44. The van der Waals surface area contributed by atoms with Gasteiger partial charge in [-0.3, -0.25) is 19.4 Å². The van der Waals surface area contributed by atoms with Crippen LogP contribution in [0, 0.1) is 27.2 Å². The van der Waals surface area contributed by atoms with Crippen molar-refractivity contribution in [2.75, 3.05) is 26.8 Å². The lowest BCUT2D eigenvalue weighted by Gasteiger charge is -2.44. The molecule has 1 saturated carbocycles. The topological polar surface area (TPSA) is 120 Å². The van der Waals surface area contributed by atoms with E-state index in [1.807, 2.05) is 40.8 Å². The predicted molar refractivity (Wildman–Crippen MR) is 153 cm³/mol. The van der Waals surface area contributed by atoms with Crippen LogP contribution < -0.4 is 4.74 Å². The summed E-state index contributed by atoms with van der Waals surface area (Å²) < 4.78 is 12.1. The summed E-state index contributed by atoms with van der Waals surface area (Å²) in [6.07, 6.45) is 1.37. The summed E-state index contributed by atoms with van der Waals surface area (Å²) in [5.41, 5.74) is 1.95. The number of piperidine rings is 1. The van der Waals surface area contributed by atoms with Crippen LogP contribution in [0.15, 0.2) is 42.5 Å². The Morgan fingerprint density at radius 1 is 1.10 bits per heavy atom. The number of aliphatic hydroxyl groups is 2. The van der Waals surface area contributed by atoms with Crippen LogP contribution in [-0.2, 0) is 20.9 Å². The molecule has 2 amide bonds. The Balaban J connectivity index is 1.22. The standard InChI is InChI=1S/C30H35IN2O7/c1-39-25-12-18(11-23(31)27(25)35)24-14-22-26-21(13-19(16-34)30(22,38)40-24)28(36)33(29(26)37)20-7-9-32(10-8-20)15-17-5-3-2-4-6-17/h2-6,11-12,19-22,24,26,34-35,38H,7-10,13-16H2,1H3/t19-,21+,22+,24+,26+,30-/m1/s1. The molecule has 9 nitrogen and oxygen atoms in total. The van der Waals surface area contributed by atoms with E-state index < -0.39 is 35.6 Å². The lowest BCUT2D eigenvalue weighted by molar-refractivity contribution is -0.274. The molecular formula is C30H35IN2O7. The number of phenols is 1. The lowest BCUT2D eigenvalue weighted by atomic mass is 9.64. The lowest BCUT2D eigenvalue weighted by Crippen LogP contribution is -2.54. The molecule has 3 saturated heterocycles. The molecule has 3 N–H and O–H groups in total. The quantitative estimate of drug-likeness (QED) is 0.319. The minimum atomic E-state index is -1.73. The molecule has 0 radical (unpaired) electrons. The van der Waals surface area contributed by atoms with E-state index in [4.69, 9.17) is 9.47 Å². The van der Waals surface area contributed by atoms with Gasteiger partial charge in [0.15, 0.2) is 17.3 Å². The maximum Gasteiger partial charge on any atom is 0.233 e. The van der Waals surface area contributed by atoms with Crippen molar-refractivity contribution < 1.29 is 34.4 Å². The monoisotopic (exact) mass is 662 g/mol. The minimum absolute atomic E-state index is 0.0244. The number of rotatable bonds is 6. The number of imide groups is 1. The van der Waals surface area contributed by atoms with Gasteiger partial charge < -0.3 is 24.8 Å². The van der Waals surface area contributed by atoms with Crippen LogP contribution in [0.2, 0.25) is 0 Å². The third-order valence-corrected chi connectivity index (χ3v) is 10.3. The number of likely N-dealkylation sites (tertiary alicyclic amines) is 2. The van der Waals surface area contributed by atoms with Crippen molar-refractivity contribution in [3.05, 3.63) is 57.2 Å². The van der Waals surface area contributed by atoms with Crippen molar-refractivity contribution in [3.63, 3.8) is 0 Å². The van der Waals surface area contributed by atoms with E-state index in [1.54, 1.807) is 12.1 Å². The van der Waals surface area contributed by atoms with Gasteiger partial charge in [0.05, 0.1) is 35.2 Å². The number of amides is 2. The van der Waals surface area contributed by atoms with Crippen LogP contribution in [0.3, 0.4) is 0 Å². The minimum Gasteiger partial charge on any atom is -0.504 e. The van der Waals surface area contributed by atoms with Crippen molar-refractivity contribution >= 4 is 34.4 Å². The van der Waals surface area contributed by atoms with E-state index in [0.29, 0.717) is 34.1 Å². The second-order valence-corrected chi connectivity index (χ2v) is 12.7. The van der Waals surface area contributed by atoms with E-state index in [9.17, 15) is 24.9 Å². The van der Waals surface area contributed by atoms with Crippen LogP contribution in [0.1, 0.15) is 42.9 Å². The first-order valence-electron chi connectivity index (χ1n) is 14.0. The molecule has 40 heavy (non-hydrogen) atoms. The van der Waals surface area contributed by atoms with Gasteiger partial charge in [0, 0.05) is 37.5 Å². The molecule has 0 spiro atoms. The summed E-state index contributed by atoms with van der Waals surface area (Å²) in [5, 5.41) is 32.4. The number of ether oxygens (including phenoxy) is 2. The molecule has 4 aliphatic rings. The summed E-state index contributed by atoms with van der Waals surface area (Å²) in [6.45, 7) is 2.09. The van der Waals surface area contributed by atoms with Gasteiger partial charge in [0.1, 0.15) is 0 Å². The Hall–Kier alpha value is -2.25. The van der Waals surface area contributed by atoms with Crippen molar-refractivity contribution in [1.82, 2.24) is 9.80 Å². The smallest absolute Gasteiger partial charge is 0.233 e. The molecule has 0 unspecified atom stereocenters. The van der Waals surface area contributed by atoms with Crippen LogP contribution in [0.25, 0.3) is 0 Å². The van der Waals surface area contributed by atoms with E-state index in [1.165, 1.54) is 17.6 Å². The number of phenolic OH excluding ortho intramolecular Hbond substituents is 1. The Kier molecular flexibility index (Phi) is 7.58. The van der Waals surface area contributed by atoms with Crippen molar-refractivity contribution in [1.29, 1.82) is 0 Å². The second-order valence-electron chi connectivity index (χ2n) is 11.5. The Bertz CT molecular complexity index is 1280. The van der Waals surface area contributed by atoms with Gasteiger partial charge in [-0.25, -0.2) is 0 Å².